The van der Waals surface area contributed by atoms with Crippen LogP contribution in [0.15, 0.2) is 0 Å². The van der Waals surface area contributed by atoms with Gasteiger partial charge in [-0.15, -0.1) is 0 Å². The summed E-state index contributed by atoms with van der Waals surface area (Å²) in [7, 11) is 0. The number of carbonyl (C=O) groups excluding carboxylic acids is 4. The zero-order valence-electron chi connectivity index (χ0n) is 56.7. The van der Waals surface area contributed by atoms with Crippen molar-refractivity contribution >= 4 is 23.9 Å². The monoisotopic (exact) mass is 1240 g/mol. The van der Waals surface area contributed by atoms with Gasteiger partial charge in [0, 0.05) is 25.7 Å². The van der Waals surface area contributed by atoms with Crippen LogP contribution in [0.25, 0.3) is 0 Å². The van der Waals surface area contributed by atoms with Crippen LogP contribution >= 0.6 is 0 Å². The van der Waals surface area contributed by atoms with Crippen molar-refractivity contribution in [1.29, 1.82) is 0 Å². The van der Waals surface area contributed by atoms with Crippen LogP contribution in [0.3, 0.4) is 0 Å². The van der Waals surface area contributed by atoms with Gasteiger partial charge in [0.05, 0.1) is 0 Å². The fourth-order valence-electron chi connectivity index (χ4n) is 10.7. The summed E-state index contributed by atoms with van der Waals surface area (Å²) in [6, 6.07) is 0. The molecule has 0 saturated carbocycles. The number of rotatable bonds is 64. The van der Waals surface area contributed by atoms with E-state index >= 15 is 0 Å². The molecule has 0 spiro atoms. The SMILES string of the molecule is CCCCCCCCCCCCCCCCCC(=O)O[O-].CCCCCCCCCCCCCCCCCC(=O)O[O-].CCCCCCCCCCCCCCCCCC(=O)O[O-].CCCCCCCCCCCCCCCCCC(=O)O[O-].[Ti+4]. The van der Waals surface area contributed by atoms with Crippen molar-refractivity contribution < 1.29 is 81.5 Å². The van der Waals surface area contributed by atoms with Gasteiger partial charge in [-0.05, 0) is 25.7 Å². The molecule has 0 bridgehead atoms. The standard InChI is InChI=1S/4C18H36O3.Ti/c4*1-2-3-4-5-6-7-8-9-10-11-12-13-14-15-16-17-18(19)21-20;/h4*20H,2-17H2,1H3;/q;;;;+4/p-4. The number of carbonyl (C=O) groups is 4. The third-order valence-electron chi connectivity index (χ3n) is 16.3. The molecule has 504 valence electrons. The van der Waals surface area contributed by atoms with Gasteiger partial charge in [0.25, 0.3) is 23.9 Å². The molecule has 0 rings (SSSR count). The zero-order chi connectivity index (χ0) is 62.4. The Kier molecular flexibility index (Phi) is 96.3. The van der Waals surface area contributed by atoms with Crippen molar-refractivity contribution in [1.82, 2.24) is 0 Å². The molecule has 0 aliphatic rings. The summed E-state index contributed by atoms with van der Waals surface area (Å²) in [5, 5.41) is 39.0. The molecule has 12 nitrogen and oxygen atoms in total. The largest absolute Gasteiger partial charge is 4.00 e. The van der Waals surface area contributed by atoms with Gasteiger partial charge in [0.2, 0.25) is 0 Å². The van der Waals surface area contributed by atoms with E-state index in [1.54, 1.807) is 0 Å². The minimum atomic E-state index is -0.621. The molecule has 0 N–H and O–H groups in total. The van der Waals surface area contributed by atoms with Crippen molar-refractivity contribution in [3.63, 3.8) is 0 Å². The van der Waals surface area contributed by atoms with Crippen LogP contribution in [0.4, 0.5) is 0 Å². The second kappa shape index (κ2) is 88.9. The van der Waals surface area contributed by atoms with E-state index in [1.807, 2.05) is 0 Å². The van der Waals surface area contributed by atoms with Crippen LogP contribution in [0.2, 0.25) is 0 Å². The Morgan fingerprint density at radius 3 is 0.341 bits per heavy atom. The fraction of sp³-hybridized carbons (Fsp3) is 0.944. The maximum Gasteiger partial charge on any atom is 4.00 e. The van der Waals surface area contributed by atoms with Crippen LogP contribution in [-0.2, 0) is 60.4 Å². The normalized spacial score (nSPS) is 10.6. The van der Waals surface area contributed by atoms with Crippen molar-refractivity contribution in [2.24, 2.45) is 0 Å². The molecule has 0 amide bonds. The summed E-state index contributed by atoms with van der Waals surface area (Å²) in [4.78, 5) is 56.0. The topological polar surface area (TPSA) is 197 Å². The predicted molar refractivity (Wildman–Crippen MR) is 343 cm³/mol. The van der Waals surface area contributed by atoms with Crippen LogP contribution in [0, 0.1) is 0 Å². The Bertz CT molecular complexity index is 1060. The first-order valence-electron chi connectivity index (χ1n) is 36.5. The average molecular weight is 1250 g/mol. The Labute approximate surface area is 541 Å². The smallest absolute Gasteiger partial charge is 0.662 e. The Morgan fingerprint density at radius 1 is 0.176 bits per heavy atom. The van der Waals surface area contributed by atoms with Gasteiger partial charge in [0.15, 0.2) is 0 Å². The molecule has 0 unspecified atom stereocenters. The molecule has 0 aromatic heterocycles. The molecule has 13 heteroatoms. The van der Waals surface area contributed by atoms with E-state index in [9.17, 15) is 40.2 Å². The van der Waals surface area contributed by atoms with Gasteiger partial charge >= 0.3 is 21.7 Å². The molecular weight excluding hydrogens is 1100 g/mol. The zero-order valence-corrected chi connectivity index (χ0v) is 58.2. The van der Waals surface area contributed by atoms with E-state index in [1.165, 1.54) is 334 Å². The molecule has 0 fully saturated rings. The molecule has 0 saturated heterocycles. The third kappa shape index (κ3) is 96.3. The van der Waals surface area contributed by atoms with Crippen LogP contribution in [0.1, 0.15) is 439 Å². The molecule has 0 aliphatic heterocycles. The molecule has 0 aromatic carbocycles. The Morgan fingerprint density at radius 2 is 0.259 bits per heavy atom. The maximum atomic E-state index is 10.6. The van der Waals surface area contributed by atoms with Crippen LogP contribution in [0.5, 0.6) is 0 Å². The maximum absolute atomic E-state index is 10.6. The quantitative estimate of drug-likeness (QED) is 0.0242. The van der Waals surface area contributed by atoms with Gasteiger partial charge in [-0.1, -0.05) is 387 Å². The van der Waals surface area contributed by atoms with Crippen molar-refractivity contribution in [3.05, 3.63) is 0 Å². The summed E-state index contributed by atoms with van der Waals surface area (Å²) in [5.74, 6) is -2.48. The number of unbranched alkanes of at least 4 members (excludes halogenated alkanes) is 56. The van der Waals surface area contributed by atoms with Gasteiger partial charge in [-0.25, -0.2) is 0 Å². The van der Waals surface area contributed by atoms with E-state index in [2.05, 4.69) is 47.2 Å². The average Bonchev–Trinajstić information content (AvgIpc) is 3.51. The van der Waals surface area contributed by atoms with Crippen LogP contribution in [-0.4, -0.2) is 23.9 Å². The summed E-state index contributed by atoms with van der Waals surface area (Å²) in [6.07, 6.45) is 79.1. The summed E-state index contributed by atoms with van der Waals surface area (Å²) in [5.41, 5.74) is 0. The van der Waals surface area contributed by atoms with Crippen molar-refractivity contribution in [3.8, 4) is 0 Å². The van der Waals surface area contributed by atoms with Gasteiger partial charge < -0.3 is 40.6 Å². The van der Waals surface area contributed by atoms with Crippen molar-refractivity contribution in [2.45, 2.75) is 439 Å². The van der Waals surface area contributed by atoms with E-state index < -0.39 is 23.9 Å². The van der Waals surface area contributed by atoms with E-state index in [0.29, 0.717) is 0 Å². The fourth-order valence-corrected chi connectivity index (χ4v) is 10.7. The summed E-state index contributed by atoms with van der Waals surface area (Å²) in [6.45, 7) is 9.06. The minimum absolute atomic E-state index is 0. The second-order valence-corrected chi connectivity index (χ2v) is 24.6. The molecule has 0 atom stereocenters. The number of hydrogen-bond acceptors (Lipinski definition) is 12. The third-order valence-corrected chi connectivity index (χ3v) is 16.3. The minimum Gasteiger partial charge on any atom is -0.662 e. The van der Waals surface area contributed by atoms with E-state index in [0.717, 1.165) is 51.4 Å². The first-order chi connectivity index (χ1) is 41.2. The first-order valence-corrected chi connectivity index (χ1v) is 36.5. The van der Waals surface area contributed by atoms with Gasteiger partial charge in [-0.2, -0.15) is 0 Å². The molecular formula is C72H140O12Ti. The second-order valence-electron chi connectivity index (χ2n) is 24.6. The Hall–Kier alpha value is -1.57. The molecule has 0 heterocycles. The Balaban J connectivity index is -0.000000333. The van der Waals surface area contributed by atoms with E-state index in [4.69, 9.17) is 0 Å². The molecule has 85 heavy (non-hydrogen) atoms. The molecule has 0 aromatic rings. The molecule has 0 radical (unpaired) electrons. The van der Waals surface area contributed by atoms with Crippen LogP contribution < -0.4 is 21.0 Å². The van der Waals surface area contributed by atoms with Crippen molar-refractivity contribution in [2.75, 3.05) is 0 Å². The first kappa shape index (κ1) is 92.2. The molecule has 0 aliphatic carbocycles. The van der Waals surface area contributed by atoms with Gasteiger partial charge in [-0.3, -0.25) is 19.2 Å². The van der Waals surface area contributed by atoms with Gasteiger partial charge in [0.1, 0.15) is 0 Å². The summed E-state index contributed by atoms with van der Waals surface area (Å²) < 4.78 is 0. The predicted octanol–water partition coefficient (Wildman–Crippen LogP) is 20.3. The number of hydrogen-bond donors (Lipinski definition) is 0. The van der Waals surface area contributed by atoms with E-state index in [-0.39, 0.29) is 47.4 Å². The summed E-state index contributed by atoms with van der Waals surface area (Å²) >= 11 is 0.